The Morgan fingerprint density at radius 3 is 2.24 bits per heavy atom. The third-order valence-corrected chi connectivity index (χ3v) is 3.84. The van der Waals surface area contributed by atoms with Gasteiger partial charge in [-0.1, -0.05) is 30.3 Å². The van der Waals surface area contributed by atoms with Crippen LogP contribution in [0.15, 0.2) is 64.6 Å². The lowest BCUT2D eigenvalue weighted by molar-refractivity contribution is 0.0697. The minimum atomic E-state index is -3.69. The summed E-state index contributed by atoms with van der Waals surface area (Å²) < 4.78 is 23.7. The Balaban J connectivity index is 2.07. The quantitative estimate of drug-likeness (QED) is 0.649. The van der Waals surface area contributed by atoms with Crippen LogP contribution in [0.2, 0.25) is 0 Å². The van der Waals surface area contributed by atoms with Crippen molar-refractivity contribution in [2.75, 3.05) is 0 Å². The molecule has 0 aliphatic heterocycles. The number of hydrazone groups is 1. The van der Waals surface area contributed by atoms with Crippen LogP contribution in [-0.2, 0) is 10.0 Å². The van der Waals surface area contributed by atoms with Gasteiger partial charge < -0.3 is 5.11 Å². The minimum Gasteiger partial charge on any atom is -0.478 e. The van der Waals surface area contributed by atoms with E-state index in [9.17, 15) is 13.2 Å². The molecule has 0 heterocycles. The Morgan fingerprint density at radius 1 is 1.05 bits per heavy atom. The second-order valence-electron chi connectivity index (χ2n) is 4.09. The maximum absolute atomic E-state index is 11.9. The Kier molecular flexibility index (Phi) is 4.34. The van der Waals surface area contributed by atoms with E-state index < -0.39 is 16.0 Å². The molecule has 0 aromatic heterocycles. The van der Waals surface area contributed by atoms with Gasteiger partial charge in [-0.3, -0.25) is 0 Å². The summed E-state index contributed by atoms with van der Waals surface area (Å²) in [4.78, 5) is 12.9. The highest BCUT2D eigenvalue weighted by atomic mass is 32.2. The van der Waals surface area contributed by atoms with Gasteiger partial charge in [0, 0.05) is 0 Å². The normalized spacial score (nSPS) is 11.4. The third-order valence-electron chi connectivity index (χ3n) is 2.60. The molecule has 0 radical (unpaired) electrons. The average Bonchev–Trinajstić information content (AvgIpc) is 2.48. The van der Waals surface area contributed by atoms with Crippen LogP contribution in [0.4, 0.5) is 0 Å². The molecule has 0 aliphatic rings. The molecule has 0 bridgehead atoms. The van der Waals surface area contributed by atoms with Gasteiger partial charge in [0.1, 0.15) is 0 Å². The smallest absolute Gasteiger partial charge is 0.335 e. The van der Waals surface area contributed by atoms with Gasteiger partial charge in [0.25, 0.3) is 10.0 Å². The van der Waals surface area contributed by atoms with Crippen LogP contribution < -0.4 is 4.83 Å². The van der Waals surface area contributed by atoms with Gasteiger partial charge in [0.05, 0.1) is 16.7 Å². The summed E-state index contributed by atoms with van der Waals surface area (Å²) in [6.07, 6.45) is 1.30. The van der Waals surface area contributed by atoms with Gasteiger partial charge in [0.2, 0.25) is 0 Å². The van der Waals surface area contributed by atoms with Crippen LogP contribution in [0.1, 0.15) is 15.9 Å². The molecule has 2 rings (SSSR count). The van der Waals surface area contributed by atoms with E-state index in [2.05, 4.69) is 9.93 Å². The van der Waals surface area contributed by atoms with Crippen LogP contribution in [-0.4, -0.2) is 25.7 Å². The van der Waals surface area contributed by atoms with Gasteiger partial charge in [-0.05, 0) is 29.8 Å². The first-order valence-corrected chi connectivity index (χ1v) is 7.41. The van der Waals surface area contributed by atoms with Crippen LogP contribution in [0, 0.1) is 0 Å². The molecule has 0 saturated heterocycles. The molecule has 2 aromatic carbocycles. The van der Waals surface area contributed by atoms with Crippen molar-refractivity contribution in [3.63, 3.8) is 0 Å². The van der Waals surface area contributed by atoms with Crippen molar-refractivity contribution in [2.24, 2.45) is 5.10 Å². The monoisotopic (exact) mass is 304 g/mol. The maximum Gasteiger partial charge on any atom is 0.335 e. The number of rotatable bonds is 5. The standard InChI is InChI=1S/C14H12N2O4S/c17-14(18)12-8-6-11(7-9-12)10-15-16-21(19,20)13-4-2-1-3-5-13/h1-10,16H,(H,17,18). The first-order valence-electron chi connectivity index (χ1n) is 5.92. The zero-order valence-electron chi connectivity index (χ0n) is 10.8. The van der Waals surface area contributed by atoms with E-state index in [-0.39, 0.29) is 10.5 Å². The summed E-state index contributed by atoms with van der Waals surface area (Å²) in [5.74, 6) is -1.02. The molecule has 0 atom stereocenters. The molecule has 0 fully saturated rings. The summed E-state index contributed by atoms with van der Waals surface area (Å²) in [6, 6.07) is 13.7. The van der Waals surface area contributed by atoms with Crippen molar-refractivity contribution < 1.29 is 18.3 Å². The highest BCUT2D eigenvalue weighted by Gasteiger charge is 2.10. The molecule has 6 nitrogen and oxygen atoms in total. The molecule has 108 valence electrons. The Labute approximate surface area is 121 Å². The number of benzene rings is 2. The van der Waals surface area contributed by atoms with Gasteiger partial charge >= 0.3 is 5.97 Å². The Hall–Kier alpha value is -2.67. The first kappa shape index (κ1) is 14.7. The molecular weight excluding hydrogens is 292 g/mol. The molecular formula is C14H12N2O4S. The van der Waals surface area contributed by atoms with E-state index in [1.807, 2.05) is 0 Å². The summed E-state index contributed by atoms with van der Waals surface area (Å²) in [5, 5.41) is 12.4. The van der Waals surface area contributed by atoms with Gasteiger partial charge in [-0.2, -0.15) is 13.5 Å². The van der Waals surface area contributed by atoms with E-state index in [0.29, 0.717) is 5.56 Å². The van der Waals surface area contributed by atoms with E-state index in [1.165, 1.54) is 42.6 Å². The van der Waals surface area contributed by atoms with Crippen molar-refractivity contribution in [3.05, 3.63) is 65.7 Å². The van der Waals surface area contributed by atoms with Crippen LogP contribution in [0.25, 0.3) is 0 Å². The second-order valence-corrected chi connectivity index (χ2v) is 5.75. The van der Waals surface area contributed by atoms with Crippen molar-refractivity contribution in [2.45, 2.75) is 4.90 Å². The molecule has 0 unspecified atom stereocenters. The number of hydrogen-bond donors (Lipinski definition) is 2. The largest absolute Gasteiger partial charge is 0.478 e. The molecule has 7 heteroatoms. The van der Waals surface area contributed by atoms with Crippen LogP contribution in [0.5, 0.6) is 0 Å². The SMILES string of the molecule is O=C(O)c1ccc(C=NNS(=O)(=O)c2ccccc2)cc1. The van der Waals surface area contributed by atoms with E-state index in [1.54, 1.807) is 18.2 Å². The lowest BCUT2D eigenvalue weighted by atomic mass is 10.1. The fraction of sp³-hybridized carbons (Fsp3) is 0. The molecule has 0 saturated carbocycles. The number of carboxylic acids is 1. The van der Waals surface area contributed by atoms with E-state index >= 15 is 0 Å². The fourth-order valence-electron chi connectivity index (χ4n) is 1.53. The van der Waals surface area contributed by atoms with Crippen molar-refractivity contribution in [1.82, 2.24) is 4.83 Å². The molecule has 0 aliphatic carbocycles. The summed E-state index contributed by atoms with van der Waals surface area (Å²) in [7, 11) is -3.69. The molecule has 2 aromatic rings. The predicted molar refractivity (Wildman–Crippen MR) is 77.8 cm³/mol. The molecule has 0 spiro atoms. The van der Waals surface area contributed by atoms with E-state index in [4.69, 9.17) is 5.11 Å². The van der Waals surface area contributed by atoms with Crippen molar-refractivity contribution >= 4 is 22.2 Å². The van der Waals surface area contributed by atoms with Crippen molar-refractivity contribution in [3.8, 4) is 0 Å². The number of carboxylic acid groups (broad SMARTS) is 1. The highest BCUT2D eigenvalue weighted by molar-refractivity contribution is 7.89. The number of carbonyl (C=O) groups is 1. The first-order chi connectivity index (χ1) is 9.99. The summed E-state index contributed by atoms with van der Waals surface area (Å²) >= 11 is 0. The highest BCUT2D eigenvalue weighted by Crippen LogP contribution is 2.07. The molecule has 0 amide bonds. The topological polar surface area (TPSA) is 95.8 Å². The number of hydrogen-bond acceptors (Lipinski definition) is 4. The molecule has 21 heavy (non-hydrogen) atoms. The zero-order valence-corrected chi connectivity index (χ0v) is 11.6. The number of nitrogens with one attached hydrogen (secondary N) is 1. The maximum atomic E-state index is 11.9. The summed E-state index contributed by atoms with van der Waals surface area (Å²) in [5.41, 5.74) is 0.729. The third kappa shape index (κ3) is 3.90. The van der Waals surface area contributed by atoms with Gasteiger partial charge in [0.15, 0.2) is 0 Å². The zero-order chi connectivity index (χ0) is 15.3. The second kappa shape index (κ2) is 6.19. The lowest BCUT2D eigenvalue weighted by Gasteiger charge is -2.02. The predicted octanol–water partition coefficient (Wildman–Crippen LogP) is 1.70. The van der Waals surface area contributed by atoms with Crippen LogP contribution in [0.3, 0.4) is 0 Å². The number of nitrogens with zero attached hydrogens (tertiary/aromatic N) is 1. The van der Waals surface area contributed by atoms with Gasteiger partial charge in [-0.25, -0.2) is 9.63 Å². The minimum absolute atomic E-state index is 0.114. The lowest BCUT2D eigenvalue weighted by Crippen LogP contribution is -2.18. The molecule has 2 N–H and O–H groups in total. The Bertz CT molecular complexity index is 753. The fourth-order valence-corrected chi connectivity index (χ4v) is 2.35. The number of aromatic carboxylic acids is 1. The van der Waals surface area contributed by atoms with Gasteiger partial charge in [-0.15, -0.1) is 0 Å². The summed E-state index contributed by atoms with van der Waals surface area (Å²) in [6.45, 7) is 0. The number of sulfonamides is 1. The average molecular weight is 304 g/mol. The van der Waals surface area contributed by atoms with Crippen molar-refractivity contribution in [1.29, 1.82) is 0 Å². The van der Waals surface area contributed by atoms with Crippen LogP contribution >= 0.6 is 0 Å². The van der Waals surface area contributed by atoms with E-state index in [0.717, 1.165) is 0 Å². The Morgan fingerprint density at radius 2 is 1.67 bits per heavy atom.